The number of aliphatic hydroxyl groups excluding tert-OH is 1. The summed E-state index contributed by atoms with van der Waals surface area (Å²) in [4.78, 5) is 8.10. The molecule has 1 fully saturated rings. The number of hydrogen-bond donors (Lipinski definition) is 2. The normalized spacial score (nSPS) is 23.7. The van der Waals surface area contributed by atoms with Gasteiger partial charge in [-0.2, -0.15) is 19.6 Å². The lowest BCUT2D eigenvalue weighted by molar-refractivity contribution is 0.104. The minimum Gasteiger partial charge on any atom is -0.393 e. The van der Waals surface area contributed by atoms with E-state index in [-0.39, 0.29) is 6.10 Å². The van der Waals surface area contributed by atoms with Crippen LogP contribution in [0.3, 0.4) is 0 Å². The molecule has 0 aliphatic heterocycles. The van der Waals surface area contributed by atoms with Gasteiger partial charge in [0.15, 0.2) is 0 Å². The number of rotatable bonds is 3. The highest BCUT2D eigenvalue weighted by atomic mass is 35.5. The summed E-state index contributed by atoms with van der Waals surface area (Å²) in [6.07, 6.45) is 5.30. The number of nitrogens with zero attached hydrogens (tertiary/aromatic N) is 4. The van der Waals surface area contributed by atoms with E-state index in [2.05, 4.69) is 20.4 Å². The second kappa shape index (κ2) is 5.30. The monoisotopic (exact) mass is 281 g/mol. The molecule has 0 saturated heterocycles. The number of anilines is 1. The first-order chi connectivity index (χ1) is 9.22. The summed E-state index contributed by atoms with van der Waals surface area (Å²) in [5, 5.41) is 17.5. The topological polar surface area (TPSA) is 75.3 Å². The summed E-state index contributed by atoms with van der Waals surface area (Å²) >= 11 is 5.95. The minimum absolute atomic E-state index is 0.159. The molecular formula is C12H16ClN5O. The van der Waals surface area contributed by atoms with E-state index in [0.717, 1.165) is 38.0 Å². The third-order valence-corrected chi connectivity index (χ3v) is 3.74. The molecule has 7 heteroatoms. The zero-order valence-electron chi connectivity index (χ0n) is 10.5. The molecule has 3 rings (SSSR count). The first-order valence-electron chi connectivity index (χ1n) is 6.50. The molecule has 2 aromatic rings. The summed E-state index contributed by atoms with van der Waals surface area (Å²) in [5.74, 6) is 1.75. The van der Waals surface area contributed by atoms with E-state index >= 15 is 0 Å². The van der Waals surface area contributed by atoms with Crippen molar-refractivity contribution >= 4 is 23.2 Å². The highest BCUT2D eigenvalue weighted by Crippen LogP contribution is 2.25. The fourth-order valence-corrected chi connectivity index (χ4v) is 2.79. The Morgan fingerprint density at radius 1 is 1.47 bits per heavy atom. The van der Waals surface area contributed by atoms with Gasteiger partial charge in [0.1, 0.15) is 17.3 Å². The third kappa shape index (κ3) is 2.79. The summed E-state index contributed by atoms with van der Waals surface area (Å²) in [5.41, 5.74) is 0. The maximum absolute atomic E-state index is 9.67. The fourth-order valence-electron chi connectivity index (χ4n) is 2.61. The largest absolute Gasteiger partial charge is 0.393 e. The molecule has 0 aromatic carbocycles. The van der Waals surface area contributed by atoms with Gasteiger partial charge in [-0.3, -0.25) is 0 Å². The Balaban J connectivity index is 1.72. The lowest BCUT2D eigenvalue weighted by Crippen LogP contribution is -2.25. The minimum atomic E-state index is -0.159. The average molecular weight is 282 g/mol. The van der Waals surface area contributed by atoms with Crippen LogP contribution in [-0.2, 0) is 0 Å². The lowest BCUT2D eigenvalue weighted by Gasteiger charge is -2.26. The van der Waals surface area contributed by atoms with Gasteiger partial charge in [0, 0.05) is 12.6 Å². The van der Waals surface area contributed by atoms with Gasteiger partial charge >= 0.3 is 0 Å². The molecule has 2 heterocycles. The average Bonchev–Trinajstić information content (AvgIpc) is 2.84. The first kappa shape index (κ1) is 12.6. The number of hydrogen-bond acceptors (Lipinski definition) is 5. The number of nitrogens with one attached hydrogen (secondary N) is 1. The van der Waals surface area contributed by atoms with Crippen molar-refractivity contribution in [3.05, 3.63) is 17.5 Å². The molecule has 2 N–H and O–H groups in total. The van der Waals surface area contributed by atoms with Gasteiger partial charge in [-0.25, -0.2) is 0 Å². The van der Waals surface area contributed by atoms with Gasteiger partial charge in [0.05, 0.1) is 6.10 Å². The van der Waals surface area contributed by atoms with Gasteiger partial charge in [-0.1, -0.05) is 18.0 Å². The Kier molecular flexibility index (Phi) is 3.52. The van der Waals surface area contributed by atoms with Crippen LogP contribution in [-0.4, -0.2) is 37.3 Å². The number of aromatic nitrogens is 4. The molecule has 0 amide bonds. The van der Waals surface area contributed by atoms with Crippen molar-refractivity contribution in [3.63, 3.8) is 0 Å². The van der Waals surface area contributed by atoms with Gasteiger partial charge < -0.3 is 10.4 Å². The van der Waals surface area contributed by atoms with E-state index in [0.29, 0.717) is 16.8 Å². The van der Waals surface area contributed by atoms with Crippen LogP contribution in [0.1, 0.15) is 25.7 Å². The van der Waals surface area contributed by atoms with Gasteiger partial charge in [0.25, 0.3) is 5.78 Å². The molecular weight excluding hydrogens is 266 g/mol. The van der Waals surface area contributed by atoms with Crippen molar-refractivity contribution in [2.75, 3.05) is 11.9 Å². The zero-order valence-corrected chi connectivity index (χ0v) is 11.2. The molecule has 2 aromatic heterocycles. The van der Waals surface area contributed by atoms with Gasteiger partial charge in [-0.15, -0.1) is 0 Å². The maximum Gasteiger partial charge on any atom is 0.255 e. The molecule has 6 nitrogen and oxygen atoms in total. The molecule has 19 heavy (non-hydrogen) atoms. The van der Waals surface area contributed by atoms with Crippen LogP contribution in [0.5, 0.6) is 0 Å². The number of halogens is 1. The molecule has 1 saturated carbocycles. The molecule has 1 aliphatic rings. The van der Waals surface area contributed by atoms with E-state index in [1.807, 2.05) is 0 Å². The predicted octanol–water partition coefficient (Wildman–Crippen LogP) is 1.74. The van der Waals surface area contributed by atoms with Crippen LogP contribution in [0.4, 0.5) is 5.82 Å². The van der Waals surface area contributed by atoms with Crippen molar-refractivity contribution in [2.45, 2.75) is 31.8 Å². The van der Waals surface area contributed by atoms with Crippen LogP contribution in [0.15, 0.2) is 12.4 Å². The van der Waals surface area contributed by atoms with Crippen LogP contribution in [0, 0.1) is 5.92 Å². The second-order valence-corrected chi connectivity index (χ2v) is 5.39. The lowest BCUT2D eigenvalue weighted by atomic mass is 9.87. The standard InChI is InChI=1S/C12H16ClN5O/c13-10-5-11(18-12(17-10)15-7-16-18)14-6-8-2-1-3-9(19)4-8/h5,7-9,14,19H,1-4,6H2. The maximum atomic E-state index is 9.67. The van der Waals surface area contributed by atoms with Crippen LogP contribution >= 0.6 is 11.6 Å². The zero-order chi connectivity index (χ0) is 13.2. The van der Waals surface area contributed by atoms with Crippen LogP contribution < -0.4 is 5.32 Å². The molecule has 2 unspecified atom stereocenters. The van der Waals surface area contributed by atoms with E-state index in [1.165, 1.54) is 6.33 Å². The quantitative estimate of drug-likeness (QED) is 0.838. The van der Waals surface area contributed by atoms with Crippen molar-refractivity contribution in [2.24, 2.45) is 5.92 Å². The summed E-state index contributed by atoms with van der Waals surface area (Å²) < 4.78 is 1.63. The van der Waals surface area contributed by atoms with Crippen molar-refractivity contribution in [1.29, 1.82) is 0 Å². The van der Waals surface area contributed by atoms with E-state index in [4.69, 9.17) is 11.6 Å². The molecule has 1 aliphatic carbocycles. The molecule has 0 bridgehead atoms. The Morgan fingerprint density at radius 2 is 2.37 bits per heavy atom. The second-order valence-electron chi connectivity index (χ2n) is 5.00. The Bertz CT molecular complexity index is 572. The summed E-state index contributed by atoms with van der Waals surface area (Å²) in [6, 6.07) is 1.74. The first-order valence-corrected chi connectivity index (χ1v) is 6.88. The SMILES string of the molecule is OC1CCCC(CNc2cc(Cl)nc3ncnn23)C1. The molecule has 2 atom stereocenters. The van der Waals surface area contributed by atoms with Crippen LogP contribution in [0.25, 0.3) is 5.78 Å². The Hall–Kier alpha value is -1.40. The molecule has 102 valence electrons. The predicted molar refractivity (Wildman–Crippen MR) is 72.2 cm³/mol. The van der Waals surface area contributed by atoms with E-state index in [1.54, 1.807) is 10.6 Å². The van der Waals surface area contributed by atoms with Crippen LogP contribution in [0.2, 0.25) is 5.15 Å². The summed E-state index contributed by atoms with van der Waals surface area (Å²) in [7, 11) is 0. The molecule has 0 spiro atoms. The third-order valence-electron chi connectivity index (χ3n) is 3.55. The summed E-state index contributed by atoms with van der Waals surface area (Å²) in [6.45, 7) is 0.798. The van der Waals surface area contributed by atoms with Gasteiger partial charge in [0.2, 0.25) is 0 Å². The number of aliphatic hydroxyl groups is 1. The van der Waals surface area contributed by atoms with E-state index < -0.39 is 0 Å². The van der Waals surface area contributed by atoms with Gasteiger partial charge in [-0.05, 0) is 25.2 Å². The smallest absolute Gasteiger partial charge is 0.255 e. The highest BCUT2D eigenvalue weighted by molar-refractivity contribution is 6.29. The van der Waals surface area contributed by atoms with Crippen molar-refractivity contribution in [1.82, 2.24) is 19.6 Å². The van der Waals surface area contributed by atoms with Crippen molar-refractivity contribution < 1.29 is 5.11 Å². The van der Waals surface area contributed by atoms with E-state index in [9.17, 15) is 5.11 Å². The number of fused-ring (bicyclic) bond motifs is 1. The molecule has 0 radical (unpaired) electrons. The Labute approximate surface area is 115 Å². The highest BCUT2D eigenvalue weighted by Gasteiger charge is 2.20. The Morgan fingerprint density at radius 3 is 3.21 bits per heavy atom. The fraction of sp³-hybridized carbons (Fsp3) is 0.583. The van der Waals surface area contributed by atoms with Crippen molar-refractivity contribution in [3.8, 4) is 0 Å².